The molecule has 1 atom stereocenters. The number of halogens is 1. The van der Waals surface area contributed by atoms with E-state index in [9.17, 15) is 9.59 Å². The third kappa shape index (κ3) is 4.34. The molecule has 28 heavy (non-hydrogen) atoms. The fraction of sp³-hybridized carbons (Fsp3) is 0.105. The molecule has 0 aliphatic carbocycles. The quantitative estimate of drug-likeness (QED) is 0.656. The molecule has 1 heterocycles. The van der Waals surface area contributed by atoms with E-state index in [0.29, 0.717) is 22.7 Å². The van der Waals surface area contributed by atoms with Gasteiger partial charge < -0.3 is 14.5 Å². The molecule has 2 aromatic carbocycles. The molecule has 140 valence electrons. The first-order valence-corrected chi connectivity index (χ1v) is 8.44. The van der Waals surface area contributed by atoms with E-state index in [1.807, 2.05) is 6.07 Å². The first kappa shape index (κ1) is 19.1. The van der Waals surface area contributed by atoms with Crippen molar-refractivity contribution in [1.82, 2.24) is 10.2 Å². The minimum atomic E-state index is -1.04. The monoisotopic (exact) mass is 396 g/mol. The van der Waals surface area contributed by atoms with Crippen LogP contribution in [-0.2, 0) is 9.53 Å². The number of nitrogens with one attached hydrogen (secondary N) is 1. The van der Waals surface area contributed by atoms with Crippen LogP contribution in [-0.4, -0.2) is 28.2 Å². The lowest BCUT2D eigenvalue weighted by atomic mass is 10.1. The number of hydrogen-bond donors (Lipinski definition) is 1. The summed E-state index contributed by atoms with van der Waals surface area (Å²) in [5, 5.41) is 19.0. The van der Waals surface area contributed by atoms with Gasteiger partial charge in [0, 0.05) is 11.3 Å². The summed E-state index contributed by atoms with van der Waals surface area (Å²) >= 11 is 5.93. The van der Waals surface area contributed by atoms with Gasteiger partial charge in [0.15, 0.2) is 6.10 Å². The number of nitriles is 1. The Labute approximate surface area is 164 Å². The Kier molecular flexibility index (Phi) is 5.67. The van der Waals surface area contributed by atoms with Crippen LogP contribution in [0.15, 0.2) is 53.3 Å². The molecule has 3 aromatic rings. The van der Waals surface area contributed by atoms with E-state index in [0.717, 1.165) is 0 Å². The maximum Gasteiger partial charge on any atom is 0.338 e. The molecule has 0 aliphatic rings. The van der Waals surface area contributed by atoms with Gasteiger partial charge in [-0.2, -0.15) is 5.26 Å². The number of rotatable bonds is 5. The third-order valence-corrected chi connectivity index (χ3v) is 4.05. The van der Waals surface area contributed by atoms with Gasteiger partial charge in [-0.15, -0.1) is 10.2 Å². The molecule has 0 spiro atoms. The van der Waals surface area contributed by atoms with Crippen LogP contribution < -0.4 is 5.32 Å². The topological polar surface area (TPSA) is 118 Å². The van der Waals surface area contributed by atoms with Crippen LogP contribution in [0.25, 0.3) is 11.5 Å². The van der Waals surface area contributed by atoms with E-state index in [1.54, 1.807) is 12.1 Å². The van der Waals surface area contributed by atoms with Gasteiger partial charge >= 0.3 is 5.97 Å². The van der Waals surface area contributed by atoms with Crippen molar-refractivity contribution in [3.05, 3.63) is 65.0 Å². The molecule has 1 N–H and O–H groups in total. The van der Waals surface area contributed by atoms with Crippen LogP contribution in [0.5, 0.6) is 0 Å². The normalized spacial score (nSPS) is 11.3. The fourth-order valence-corrected chi connectivity index (χ4v) is 2.48. The molecule has 3 rings (SSSR count). The van der Waals surface area contributed by atoms with Gasteiger partial charge in [0.05, 0.1) is 16.1 Å². The zero-order chi connectivity index (χ0) is 20.1. The highest BCUT2D eigenvalue weighted by Crippen LogP contribution is 2.21. The Hall–Kier alpha value is -3.70. The molecule has 8 nitrogen and oxygen atoms in total. The summed E-state index contributed by atoms with van der Waals surface area (Å²) in [6, 6.07) is 12.7. The molecule has 0 radical (unpaired) electrons. The predicted octanol–water partition coefficient (Wildman–Crippen LogP) is 3.45. The number of anilines is 1. The van der Waals surface area contributed by atoms with Crippen LogP contribution in [0.4, 0.5) is 5.69 Å². The molecule has 0 fully saturated rings. The van der Waals surface area contributed by atoms with E-state index in [1.165, 1.54) is 43.6 Å². The smallest absolute Gasteiger partial charge is 0.338 e. The molecule has 1 aromatic heterocycles. The minimum absolute atomic E-state index is 0.214. The first-order chi connectivity index (χ1) is 13.5. The number of nitrogens with zero attached hydrogens (tertiary/aromatic N) is 3. The van der Waals surface area contributed by atoms with Gasteiger partial charge in [-0.25, -0.2) is 4.79 Å². The van der Waals surface area contributed by atoms with E-state index in [-0.39, 0.29) is 10.6 Å². The van der Waals surface area contributed by atoms with Crippen LogP contribution >= 0.6 is 11.6 Å². The van der Waals surface area contributed by atoms with Crippen molar-refractivity contribution in [3.63, 3.8) is 0 Å². The summed E-state index contributed by atoms with van der Waals surface area (Å²) in [5.41, 5.74) is 1.60. The van der Waals surface area contributed by atoms with Crippen molar-refractivity contribution in [2.24, 2.45) is 0 Å². The Bertz CT molecular complexity index is 1040. The Morgan fingerprint density at radius 2 is 2.00 bits per heavy atom. The van der Waals surface area contributed by atoms with Crippen molar-refractivity contribution in [3.8, 4) is 17.5 Å². The van der Waals surface area contributed by atoms with Crippen molar-refractivity contribution < 1.29 is 18.7 Å². The van der Waals surface area contributed by atoms with Gasteiger partial charge in [-0.05, 0) is 49.4 Å². The molecular weight excluding hydrogens is 384 g/mol. The molecule has 0 saturated heterocycles. The Balaban J connectivity index is 1.61. The lowest BCUT2D eigenvalue weighted by Gasteiger charge is -2.14. The minimum Gasteiger partial charge on any atom is -0.449 e. The molecule has 1 amide bonds. The van der Waals surface area contributed by atoms with Crippen molar-refractivity contribution in [1.29, 1.82) is 5.26 Å². The zero-order valence-electron chi connectivity index (χ0n) is 14.5. The predicted molar refractivity (Wildman–Crippen MR) is 99.4 cm³/mol. The summed E-state index contributed by atoms with van der Waals surface area (Å²) in [6.45, 7) is 1.45. The average Bonchev–Trinajstić information content (AvgIpc) is 3.23. The summed E-state index contributed by atoms with van der Waals surface area (Å²) in [6.07, 6.45) is 0.163. The van der Waals surface area contributed by atoms with Crippen LogP contribution in [0.1, 0.15) is 22.8 Å². The third-order valence-electron chi connectivity index (χ3n) is 3.74. The van der Waals surface area contributed by atoms with Crippen molar-refractivity contribution in [2.75, 3.05) is 5.32 Å². The van der Waals surface area contributed by atoms with Gasteiger partial charge in [-0.1, -0.05) is 11.6 Å². The second-order valence-electron chi connectivity index (χ2n) is 5.66. The number of ether oxygens (including phenoxy) is 1. The van der Waals surface area contributed by atoms with Crippen LogP contribution in [0.3, 0.4) is 0 Å². The Morgan fingerprint density at radius 1 is 1.25 bits per heavy atom. The van der Waals surface area contributed by atoms with Crippen LogP contribution in [0.2, 0.25) is 5.02 Å². The zero-order valence-corrected chi connectivity index (χ0v) is 15.3. The van der Waals surface area contributed by atoms with E-state index in [2.05, 4.69) is 15.5 Å². The molecule has 0 unspecified atom stereocenters. The highest BCUT2D eigenvalue weighted by molar-refractivity contribution is 6.32. The summed E-state index contributed by atoms with van der Waals surface area (Å²) < 4.78 is 10.3. The van der Waals surface area contributed by atoms with Crippen molar-refractivity contribution in [2.45, 2.75) is 13.0 Å². The van der Waals surface area contributed by atoms with E-state index < -0.39 is 18.0 Å². The lowest BCUT2D eigenvalue weighted by Crippen LogP contribution is -2.30. The van der Waals surface area contributed by atoms with Gasteiger partial charge in [0.1, 0.15) is 6.07 Å². The SMILES string of the molecule is C[C@H](OC(=O)c1ccc(-c2nnco2)cc1)C(=O)Nc1ccc(C#N)c(Cl)c1. The highest BCUT2D eigenvalue weighted by Gasteiger charge is 2.19. The number of amides is 1. The lowest BCUT2D eigenvalue weighted by molar-refractivity contribution is -0.123. The summed E-state index contributed by atoms with van der Waals surface area (Å²) in [4.78, 5) is 24.5. The van der Waals surface area contributed by atoms with E-state index in [4.69, 9.17) is 26.0 Å². The second-order valence-corrected chi connectivity index (χ2v) is 6.07. The number of carbonyl (C=O) groups is 2. The Morgan fingerprint density at radius 3 is 2.61 bits per heavy atom. The van der Waals surface area contributed by atoms with Gasteiger partial charge in [-0.3, -0.25) is 4.79 Å². The number of aromatic nitrogens is 2. The molecular formula is C19H13ClN4O4. The molecule has 0 bridgehead atoms. The highest BCUT2D eigenvalue weighted by atomic mass is 35.5. The molecule has 9 heteroatoms. The number of carbonyl (C=O) groups excluding carboxylic acids is 2. The maximum atomic E-state index is 12.2. The van der Waals surface area contributed by atoms with Crippen LogP contribution in [0, 0.1) is 11.3 Å². The standard InChI is InChI=1S/C19H13ClN4O4/c1-11(17(25)23-15-7-6-14(9-21)16(20)8-15)28-19(26)13-4-2-12(3-5-13)18-24-22-10-27-18/h2-8,10-11H,1H3,(H,23,25)/t11-/m0/s1. The number of hydrogen-bond acceptors (Lipinski definition) is 7. The fourth-order valence-electron chi connectivity index (χ4n) is 2.26. The second kappa shape index (κ2) is 8.33. The number of esters is 1. The van der Waals surface area contributed by atoms with Gasteiger partial charge in [0.25, 0.3) is 5.91 Å². The van der Waals surface area contributed by atoms with E-state index >= 15 is 0 Å². The summed E-state index contributed by atoms with van der Waals surface area (Å²) in [7, 11) is 0. The van der Waals surface area contributed by atoms with Gasteiger partial charge in [0.2, 0.25) is 12.3 Å². The molecule has 0 aliphatic heterocycles. The first-order valence-electron chi connectivity index (χ1n) is 8.06. The average molecular weight is 397 g/mol. The van der Waals surface area contributed by atoms with Crippen molar-refractivity contribution >= 4 is 29.2 Å². The molecule has 0 saturated carbocycles. The number of benzene rings is 2. The largest absolute Gasteiger partial charge is 0.449 e. The summed E-state index contributed by atoms with van der Waals surface area (Å²) in [5.74, 6) is -0.858. The maximum absolute atomic E-state index is 12.2.